The average Bonchev–Trinajstić information content (AvgIpc) is 2.27. The van der Waals surface area contributed by atoms with Crippen LogP contribution in [0.5, 0.6) is 0 Å². The Labute approximate surface area is 77.7 Å². The van der Waals surface area contributed by atoms with Crippen molar-refractivity contribution in [3.63, 3.8) is 0 Å². The van der Waals surface area contributed by atoms with E-state index in [2.05, 4.69) is 0 Å². The van der Waals surface area contributed by atoms with Crippen LogP contribution in [0.15, 0.2) is 11.5 Å². The molecule has 2 atom stereocenters. The van der Waals surface area contributed by atoms with Gasteiger partial charge in [0.15, 0.2) is 5.88 Å². The molecule has 0 saturated heterocycles. The molecule has 1 aliphatic heterocycles. The van der Waals surface area contributed by atoms with Gasteiger partial charge in [0, 0.05) is 5.92 Å². The number of rotatable bonds is 2. The van der Waals surface area contributed by atoms with Gasteiger partial charge in [-0.15, -0.1) is 0 Å². The van der Waals surface area contributed by atoms with E-state index >= 15 is 0 Å². The Hall–Kier alpha value is -1.19. The molecule has 0 aromatic rings. The van der Waals surface area contributed by atoms with Gasteiger partial charge in [0.2, 0.25) is 0 Å². The molecule has 1 heterocycles. The first-order valence-corrected chi connectivity index (χ1v) is 4.41. The molecule has 0 spiro atoms. The van der Waals surface area contributed by atoms with Crippen LogP contribution in [0.2, 0.25) is 0 Å². The van der Waals surface area contributed by atoms with E-state index in [4.69, 9.17) is 15.2 Å². The summed E-state index contributed by atoms with van der Waals surface area (Å²) in [6.07, 6.45) is -0.0422. The maximum absolute atomic E-state index is 11.4. The topological polar surface area (TPSA) is 61.5 Å². The minimum atomic E-state index is -0.364. The lowest BCUT2D eigenvalue weighted by molar-refractivity contribution is -0.139. The number of esters is 1. The molecule has 0 aromatic heterocycles. The summed E-state index contributed by atoms with van der Waals surface area (Å²) in [7, 11) is 0. The monoisotopic (exact) mass is 185 g/mol. The van der Waals surface area contributed by atoms with Crippen molar-refractivity contribution in [1.29, 1.82) is 0 Å². The number of carbonyl (C=O) groups is 1. The van der Waals surface area contributed by atoms with E-state index in [1.165, 1.54) is 0 Å². The molecule has 0 amide bonds. The molecule has 0 bridgehead atoms. The summed E-state index contributed by atoms with van der Waals surface area (Å²) < 4.78 is 10.1. The Kier molecular flexibility index (Phi) is 2.80. The quantitative estimate of drug-likeness (QED) is 0.645. The van der Waals surface area contributed by atoms with Crippen molar-refractivity contribution in [3.05, 3.63) is 11.5 Å². The molecule has 0 unspecified atom stereocenters. The lowest BCUT2D eigenvalue weighted by Gasteiger charge is -2.10. The maximum atomic E-state index is 11.4. The first-order valence-electron chi connectivity index (χ1n) is 4.41. The zero-order valence-corrected chi connectivity index (χ0v) is 8.16. The fraction of sp³-hybridized carbons (Fsp3) is 0.667. The van der Waals surface area contributed by atoms with Crippen molar-refractivity contribution in [1.82, 2.24) is 0 Å². The fourth-order valence-electron chi connectivity index (χ4n) is 1.32. The van der Waals surface area contributed by atoms with Gasteiger partial charge in [-0.25, -0.2) is 4.79 Å². The van der Waals surface area contributed by atoms with Crippen LogP contribution >= 0.6 is 0 Å². The summed E-state index contributed by atoms with van der Waals surface area (Å²) in [4.78, 5) is 11.4. The molecular formula is C9H15NO3. The molecule has 4 nitrogen and oxygen atoms in total. The number of hydrogen-bond acceptors (Lipinski definition) is 4. The number of carbonyl (C=O) groups excluding carboxylic acids is 1. The number of ether oxygens (including phenoxy) is 2. The summed E-state index contributed by atoms with van der Waals surface area (Å²) in [5.41, 5.74) is 6.01. The summed E-state index contributed by atoms with van der Waals surface area (Å²) in [5, 5.41) is 0. The van der Waals surface area contributed by atoms with Crippen molar-refractivity contribution < 1.29 is 14.3 Å². The van der Waals surface area contributed by atoms with Crippen LogP contribution in [0.4, 0.5) is 0 Å². The van der Waals surface area contributed by atoms with E-state index in [1.54, 1.807) is 6.92 Å². The molecule has 13 heavy (non-hydrogen) atoms. The van der Waals surface area contributed by atoms with Crippen LogP contribution < -0.4 is 5.73 Å². The largest absolute Gasteiger partial charge is 0.475 e. The molecule has 1 aliphatic rings. The normalized spacial score (nSPS) is 27.3. The highest BCUT2D eigenvalue weighted by atomic mass is 16.5. The second-order valence-electron chi connectivity index (χ2n) is 3.11. The maximum Gasteiger partial charge on any atom is 0.339 e. The SMILES string of the molecule is CCOC(=O)C1=C(N)O[C@H](C)[C@H]1C. The predicted octanol–water partition coefficient (Wildman–Crippen LogP) is 0.775. The second kappa shape index (κ2) is 3.68. The molecule has 74 valence electrons. The van der Waals surface area contributed by atoms with Crippen molar-refractivity contribution in [2.45, 2.75) is 26.9 Å². The summed E-state index contributed by atoms with van der Waals surface area (Å²) in [5.74, 6) is -0.144. The Bertz CT molecular complexity index is 247. The first-order chi connectivity index (χ1) is 6.07. The van der Waals surface area contributed by atoms with Gasteiger partial charge >= 0.3 is 5.97 Å². The van der Waals surface area contributed by atoms with E-state index < -0.39 is 0 Å². The molecular weight excluding hydrogens is 170 g/mol. The molecule has 1 rings (SSSR count). The van der Waals surface area contributed by atoms with Gasteiger partial charge in [0.25, 0.3) is 0 Å². The summed E-state index contributed by atoms with van der Waals surface area (Å²) in [6, 6.07) is 0. The highest BCUT2D eigenvalue weighted by Gasteiger charge is 2.34. The Morgan fingerprint density at radius 1 is 1.62 bits per heavy atom. The van der Waals surface area contributed by atoms with Crippen LogP contribution in [0.25, 0.3) is 0 Å². The van der Waals surface area contributed by atoms with E-state index in [9.17, 15) is 4.79 Å². The third-order valence-corrected chi connectivity index (χ3v) is 2.23. The van der Waals surface area contributed by atoms with Gasteiger partial charge < -0.3 is 15.2 Å². The van der Waals surface area contributed by atoms with Crippen molar-refractivity contribution in [3.8, 4) is 0 Å². The molecule has 2 N–H and O–H groups in total. The van der Waals surface area contributed by atoms with E-state index in [1.807, 2.05) is 13.8 Å². The van der Waals surface area contributed by atoms with Crippen LogP contribution in [0, 0.1) is 5.92 Å². The standard InChI is InChI=1S/C9H15NO3/c1-4-12-9(11)7-5(2)6(3)13-8(7)10/h5-6H,4,10H2,1-3H3/t5-,6-/m1/s1. The van der Waals surface area contributed by atoms with Gasteiger partial charge in [-0.1, -0.05) is 6.92 Å². The number of hydrogen-bond donors (Lipinski definition) is 1. The fourth-order valence-corrected chi connectivity index (χ4v) is 1.32. The lowest BCUT2D eigenvalue weighted by Crippen LogP contribution is -2.17. The first kappa shape index (κ1) is 9.89. The highest BCUT2D eigenvalue weighted by molar-refractivity contribution is 5.90. The minimum Gasteiger partial charge on any atom is -0.475 e. The van der Waals surface area contributed by atoms with Gasteiger partial charge in [-0.2, -0.15) is 0 Å². The van der Waals surface area contributed by atoms with Gasteiger partial charge in [0.05, 0.1) is 6.61 Å². The smallest absolute Gasteiger partial charge is 0.339 e. The van der Waals surface area contributed by atoms with E-state index in [0.717, 1.165) is 0 Å². The highest BCUT2D eigenvalue weighted by Crippen LogP contribution is 2.28. The molecule has 0 radical (unpaired) electrons. The van der Waals surface area contributed by atoms with Gasteiger partial charge in [-0.3, -0.25) is 0 Å². The van der Waals surface area contributed by atoms with E-state index in [-0.39, 0.29) is 23.9 Å². The van der Waals surface area contributed by atoms with Crippen molar-refractivity contribution in [2.75, 3.05) is 6.61 Å². The average molecular weight is 185 g/mol. The van der Waals surface area contributed by atoms with Crippen LogP contribution in [-0.4, -0.2) is 18.7 Å². The molecule has 0 fully saturated rings. The van der Waals surface area contributed by atoms with Crippen LogP contribution in [-0.2, 0) is 14.3 Å². The van der Waals surface area contributed by atoms with E-state index in [0.29, 0.717) is 12.2 Å². The molecule has 0 saturated carbocycles. The third kappa shape index (κ3) is 1.76. The molecule has 4 heteroatoms. The Balaban J connectivity index is 2.78. The van der Waals surface area contributed by atoms with Crippen molar-refractivity contribution >= 4 is 5.97 Å². The Morgan fingerprint density at radius 3 is 2.62 bits per heavy atom. The zero-order chi connectivity index (χ0) is 10.0. The van der Waals surface area contributed by atoms with Crippen LogP contribution in [0.3, 0.4) is 0 Å². The molecule has 0 aliphatic carbocycles. The second-order valence-corrected chi connectivity index (χ2v) is 3.11. The summed E-state index contributed by atoms with van der Waals surface area (Å²) >= 11 is 0. The zero-order valence-electron chi connectivity index (χ0n) is 8.16. The third-order valence-electron chi connectivity index (χ3n) is 2.23. The summed E-state index contributed by atoms with van der Waals surface area (Å²) in [6.45, 7) is 5.90. The van der Waals surface area contributed by atoms with Gasteiger partial charge in [-0.05, 0) is 13.8 Å². The molecule has 0 aromatic carbocycles. The van der Waals surface area contributed by atoms with Crippen molar-refractivity contribution in [2.24, 2.45) is 11.7 Å². The van der Waals surface area contributed by atoms with Crippen LogP contribution in [0.1, 0.15) is 20.8 Å². The lowest BCUT2D eigenvalue weighted by atomic mass is 9.99. The van der Waals surface area contributed by atoms with Gasteiger partial charge in [0.1, 0.15) is 11.7 Å². The Morgan fingerprint density at radius 2 is 2.23 bits per heavy atom. The minimum absolute atomic E-state index is 0.0130. The predicted molar refractivity (Wildman–Crippen MR) is 47.6 cm³/mol. The number of nitrogens with two attached hydrogens (primary N) is 1.